The van der Waals surface area contributed by atoms with Crippen LogP contribution < -0.4 is 9.47 Å². The second-order valence-electron chi connectivity index (χ2n) is 4.42. The minimum Gasteiger partial charge on any atom is -0.508 e. The normalized spacial score (nSPS) is 10.1. The number of rotatable bonds is 5. The largest absolute Gasteiger partial charge is 0.508 e. The first-order chi connectivity index (χ1) is 10.5. The standard InChI is InChI=1S/C16H15BrO5/c1-20-14-8-13(17)15(21-2)7-11(14)9-22-16(19)10-3-5-12(18)6-4-10/h3-8,18H,9H2,1-2H3. The molecule has 5 nitrogen and oxygen atoms in total. The maximum Gasteiger partial charge on any atom is 0.338 e. The molecular formula is C16H15BrO5. The summed E-state index contributed by atoms with van der Waals surface area (Å²) in [7, 11) is 3.10. The predicted octanol–water partition coefficient (Wildman–Crippen LogP) is 3.53. The van der Waals surface area contributed by atoms with Gasteiger partial charge in [0.05, 0.1) is 24.3 Å². The van der Waals surface area contributed by atoms with Crippen LogP contribution in [0.15, 0.2) is 40.9 Å². The lowest BCUT2D eigenvalue weighted by Crippen LogP contribution is -2.06. The molecule has 2 rings (SSSR count). The number of carbonyl (C=O) groups excluding carboxylic acids is 1. The summed E-state index contributed by atoms with van der Waals surface area (Å²) in [4.78, 5) is 12.0. The molecule has 0 atom stereocenters. The van der Waals surface area contributed by atoms with E-state index in [9.17, 15) is 9.90 Å². The van der Waals surface area contributed by atoms with E-state index >= 15 is 0 Å². The maximum atomic E-state index is 12.0. The van der Waals surface area contributed by atoms with Crippen LogP contribution in [0.1, 0.15) is 15.9 Å². The summed E-state index contributed by atoms with van der Waals surface area (Å²) >= 11 is 3.37. The molecule has 0 spiro atoms. The number of hydrogen-bond acceptors (Lipinski definition) is 5. The van der Waals surface area contributed by atoms with Crippen molar-refractivity contribution in [2.75, 3.05) is 14.2 Å². The average molecular weight is 367 g/mol. The molecule has 2 aromatic carbocycles. The first-order valence-corrected chi connectivity index (χ1v) is 7.21. The second-order valence-corrected chi connectivity index (χ2v) is 5.28. The van der Waals surface area contributed by atoms with E-state index in [0.29, 0.717) is 22.6 Å². The Kier molecular flexibility index (Phi) is 5.27. The first kappa shape index (κ1) is 16.2. The van der Waals surface area contributed by atoms with Gasteiger partial charge in [0.2, 0.25) is 0 Å². The van der Waals surface area contributed by atoms with Gasteiger partial charge < -0.3 is 19.3 Å². The van der Waals surface area contributed by atoms with E-state index in [1.807, 2.05) is 0 Å². The highest BCUT2D eigenvalue weighted by molar-refractivity contribution is 9.10. The second kappa shape index (κ2) is 7.17. The van der Waals surface area contributed by atoms with Crippen molar-refractivity contribution in [3.8, 4) is 17.2 Å². The van der Waals surface area contributed by atoms with Gasteiger partial charge in [0.1, 0.15) is 23.9 Å². The van der Waals surface area contributed by atoms with Crippen molar-refractivity contribution in [1.29, 1.82) is 0 Å². The molecule has 0 heterocycles. The number of hydrogen-bond donors (Lipinski definition) is 1. The first-order valence-electron chi connectivity index (χ1n) is 6.41. The fourth-order valence-electron chi connectivity index (χ4n) is 1.86. The van der Waals surface area contributed by atoms with Gasteiger partial charge in [0.15, 0.2) is 0 Å². The molecule has 1 N–H and O–H groups in total. The van der Waals surface area contributed by atoms with Gasteiger partial charge in [0.25, 0.3) is 0 Å². The Morgan fingerprint density at radius 2 is 1.73 bits per heavy atom. The van der Waals surface area contributed by atoms with Gasteiger partial charge in [-0.2, -0.15) is 0 Å². The van der Waals surface area contributed by atoms with Crippen molar-refractivity contribution >= 4 is 21.9 Å². The highest BCUT2D eigenvalue weighted by Gasteiger charge is 2.13. The molecule has 116 valence electrons. The number of ether oxygens (including phenoxy) is 3. The molecule has 0 radical (unpaired) electrons. The van der Waals surface area contributed by atoms with E-state index in [2.05, 4.69) is 15.9 Å². The van der Waals surface area contributed by atoms with Gasteiger partial charge in [-0.25, -0.2) is 4.79 Å². The molecule has 22 heavy (non-hydrogen) atoms. The Labute approximate surface area is 136 Å². The molecule has 0 amide bonds. The summed E-state index contributed by atoms with van der Waals surface area (Å²) in [5, 5.41) is 9.21. The number of aromatic hydroxyl groups is 1. The smallest absolute Gasteiger partial charge is 0.338 e. The van der Waals surface area contributed by atoms with E-state index < -0.39 is 5.97 Å². The molecule has 0 bridgehead atoms. The summed E-state index contributed by atoms with van der Waals surface area (Å²) in [6, 6.07) is 9.35. The molecule has 0 aliphatic carbocycles. The number of phenolic OH excluding ortho intramolecular Hbond substituents is 1. The van der Waals surface area contributed by atoms with Crippen molar-refractivity contribution in [3.63, 3.8) is 0 Å². The van der Waals surface area contributed by atoms with Crippen LogP contribution in [0, 0.1) is 0 Å². The topological polar surface area (TPSA) is 65.0 Å². The summed E-state index contributed by atoms with van der Waals surface area (Å²) in [6.07, 6.45) is 0. The maximum absolute atomic E-state index is 12.0. The van der Waals surface area contributed by atoms with Crippen LogP contribution >= 0.6 is 15.9 Å². The highest BCUT2D eigenvalue weighted by atomic mass is 79.9. The Morgan fingerprint density at radius 1 is 1.09 bits per heavy atom. The molecule has 0 unspecified atom stereocenters. The number of methoxy groups -OCH3 is 2. The van der Waals surface area contributed by atoms with E-state index in [1.54, 1.807) is 26.4 Å². The quantitative estimate of drug-likeness (QED) is 0.820. The van der Waals surface area contributed by atoms with Crippen LogP contribution in [0.3, 0.4) is 0 Å². The Morgan fingerprint density at radius 3 is 2.32 bits per heavy atom. The molecule has 0 aliphatic rings. The SMILES string of the molecule is COc1cc(COC(=O)c2ccc(O)cc2)c(OC)cc1Br. The van der Waals surface area contributed by atoms with Crippen LogP contribution in [0.2, 0.25) is 0 Å². The van der Waals surface area contributed by atoms with E-state index in [4.69, 9.17) is 14.2 Å². The number of carbonyl (C=O) groups is 1. The van der Waals surface area contributed by atoms with Crippen LogP contribution in [0.25, 0.3) is 0 Å². The fourth-order valence-corrected chi connectivity index (χ4v) is 2.34. The number of esters is 1. The average Bonchev–Trinajstić information content (AvgIpc) is 2.53. The number of halogens is 1. The molecule has 0 saturated carbocycles. The number of benzene rings is 2. The van der Waals surface area contributed by atoms with Crippen molar-refractivity contribution in [2.45, 2.75) is 6.61 Å². The molecule has 0 aliphatic heterocycles. The zero-order valence-corrected chi connectivity index (χ0v) is 13.7. The Hall–Kier alpha value is -2.21. The van der Waals surface area contributed by atoms with Gasteiger partial charge in [-0.05, 0) is 52.3 Å². The Bertz CT molecular complexity index is 667. The molecule has 0 saturated heterocycles. The molecule has 6 heteroatoms. The van der Waals surface area contributed by atoms with E-state index in [-0.39, 0.29) is 12.4 Å². The Balaban J connectivity index is 2.13. The van der Waals surface area contributed by atoms with Crippen molar-refractivity contribution < 1.29 is 24.1 Å². The highest BCUT2D eigenvalue weighted by Crippen LogP contribution is 2.33. The fraction of sp³-hybridized carbons (Fsp3) is 0.188. The van der Waals surface area contributed by atoms with Crippen molar-refractivity contribution in [2.24, 2.45) is 0 Å². The summed E-state index contributed by atoms with van der Waals surface area (Å²) in [5.74, 6) is 0.822. The van der Waals surface area contributed by atoms with Crippen LogP contribution in [-0.4, -0.2) is 25.3 Å². The van der Waals surface area contributed by atoms with Gasteiger partial charge >= 0.3 is 5.97 Å². The minimum absolute atomic E-state index is 0.0481. The molecule has 2 aromatic rings. The summed E-state index contributed by atoms with van der Waals surface area (Å²) in [6.45, 7) is 0.0481. The van der Waals surface area contributed by atoms with Crippen LogP contribution in [0.4, 0.5) is 0 Å². The monoisotopic (exact) mass is 366 g/mol. The van der Waals surface area contributed by atoms with Crippen LogP contribution in [-0.2, 0) is 11.3 Å². The third kappa shape index (κ3) is 3.71. The zero-order valence-electron chi connectivity index (χ0n) is 12.1. The van der Waals surface area contributed by atoms with Crippen molar-refractivity contribution in [3.05, 3.63) is 52.0 Å². The third-order valence-electron chi connectivity index (χ3n) is 3.02. The van der Waals surface area contributed by atoms with E-state index in [1.165, 1.54) is 24.3 Å². The lowest BCUT2D eigenvalue weighted by molar-refractivity contribution is 0.0470. The number of phenols is 1. The predicted molar refractivity (Wildman–Crippen MR) is 84.5 cm³/mol. The molecular weight excluding hydrogens is 352 g/mol. The third-order valence-corrected chi connectivity index (χ3v) is 3.64. The van der Waals surface area contributed by atoms with Gasteiger partial charge in [-0.15, -0.1) is 0 Å². The lowest BCUT2D eigenvalue weighted by Gasteiger charge is -2.12. The van der Waals surface area contributed by atoms with Crippen LogP contribution in [0.5, 0.6) is 17.2 Å². The van der Waals surface area contributed by atoms with Gasteiger partial charge in [-0.1, -0.05) is 0 Å². The van der Waals surface area contributed by atoms with E-state index in [0.717, 1.165) is 4.47 Å². The lowest BCUT2D eigenvalue weighted by atomic mass is 10.2. The minimum atomic E-state index is -0.482. The summed E-state index contributed by atoms with van der Waals surface area (Å²) < 4.78 is 16.5. The van der Waals surface area contributed by atoms with Crippen molar-refractivity contribution in [1.82, 2.24) is 0 Å². The van der Waals surface area contributed by atoms with Gasteiger partial charge in [-0.3, -0.25) is 0 Å². The zero-order chi connectivity index (χ0) is 16.1. The molecule has 0 aromatic heterocycles. The molecule has 0 fully saturated rings. The van der Waals surface area contributed by atoms with Gasteiger partial charge in [0, 0.05) is 5.56 Å². The summed E-state index contributed by atoms with van der Waals surface area (Å²) in [5.41, 5.74) is 1.05.